The minimum atomic E-state index is 1.10. The summed E-state index contributed by atoms with van der Waals surface area (Å²) in [6, 6.07) is 0. The van der Waals surface area contributed by atoms with Crippen LogP contribution < -0.4 is 0 Å². The Labute approximate surface area is 76.1 Å². The second-order valence-electron chi connectivity index (χ2n) is 4.71. The zero-order valence-electron chi connectivity index (χ0n) is 8.42. The number of piperidine rings is 1. The fourth-order valence-electron chi connectivity index (χ4n) is 2.92. The highest BCUT2D eigenvalue weighted by Crippen LogP contribution is 2.53. The summed E-state index contributed by atoms with van der Waals surface area (Å²) in [5.41, 5.74) is 0. The highest BCUT2D eigenvalue weighted by atomic mass is 15.2. The van der Waals surface area contributed by atoms with Crippen molar-refractivity contribution < 1.29 is 0 Å². The van der Waals surface area contributed by atoms with Crippen LogP contribution in [0.25, 0.3) is 0 Å². The average Bonchev–Trinajstić information content (AvgIpc) is 2.53. The van der Waals surface area contributed by atoms with Gasteiger partial charge in [-0.1, -0.05) is 26.2 Å². The van der Waals surface area contributed by atoms with E-state index in [0.29, 0.717) is 0 Å². The van der Waals surface area contributed by atoms with E-state index in [2.05, 4.69) is 18.9 Å². The van der Waals surface area contributed by atoms with Gasteiger partial charge in [-0.3, -0.25) is 0 Å². The van der Waals surface area contributed by atoms with E-state index in [9.17, 15) is 0 Å². The second kappa shape index (κ2) is 3.37. The van der Waals surface area contributed by atoms with Gasteiger partial charge in [0.15, 0.2) is 0 Å². The Bertz CT molecular complexity index is 143. The molecular formula is C11H21N. The molecule has 2 rings (SSSR count). The van der Waals surface area contributed by atoms with Crippen molar-refractivity contribution in [3.8, 4) is 0 Å². The van der Waals surface area contributed by atoms with Crippen molar-refractivity contribution in [1.82, 2.24) is 4.90 Å². The summed E-state index contributed by atoms with van der Waals surface area (Å²) in [4.78, 5) is 2.49. The highest BCUT2D eigenvalue weighted by Gasteiger charge is 2.53. The maximum absolute atomic E-state index is 2.49. The van der Waals surface area contributed by atoms with Crippen LogP contribution in [0.4, 0.5) is 0 Å². The van der Waals surface area contributed by atoms with Gasteiger partial charge in [-0.25, -0.2) is 0 Å². The van der Waals surface area contributed by atoms with Gasteiger partial charge in [-0.2, -0.15) is 0 Å². The molecule has 1 aliphatic heterocycles. The highest BCUT2D eigenvalue weighted by molar-refractivity contribution is 5.03. The Morgan fingerprint density at radius 3 is 2.42 bits per heavy atom. The summed E-state index contributed by atoms with van der Waals surface area (Å²) in [7, 11) is 2.26. The molecule has 3 atom stereocenters. The average molecular weight is 167 g/mol. The van der Waals surface area contributed by atoms with Gasteiger partial charge in [0, 0.05) is 13.1 Å². The SMILES string of the molecule is CCCCCC1[C@H]2CN(C)C[C@@H]12. The maximum Gasteiger partial charge on any atom is 0.00127 e. The van der Waals surface area contributed by atoms with E-state index < -0.39 is 0 Å². The number of fused-ring (bicyclic) bond motifs is 1. The molecule has 1 saturated heterocycles. The lowest BCUT2D eigenvalue weighted by atomic mass is 10.1. The first-order valence-corrected chi connectivity index (χ1v) is 5.51. The first-order valence-electron chi connectivity index (χ1n) is 5.51. The van der Waals surface area contributed by atoms with Crippen molar-refractivity contribution in [1.29, 1.82) is 0 Å². The molecule has 2 fully saturated rings. The van der Waals surface area contributed by atoms with E-state index >= 15 is 0 Å². The zero-order valence-corrected chi connectivity index (χ0v) is 8.42. The largest absolute Gasteiger partial charge is 0.306 e. The molecule has 0 amide bonds. The second-order valence-corrected chi connectivity index (χ2v) is 4.71. The first kappa shape index (κ1) is 8.55. The smallest absolute Gasteiger partial charge is 0.00127 e. The van der Waals surface area contributed by atoms with E-state index in [4.69, 9.17) is 0 Å². The molecule has 1 heterocycles. The topological polar surface area (TPSA) is 3.24 Å². The molecule has 0 aromatic heterocycles. The molecule has 0 bridgehead atoms. The number of nitrogens with zero attached hydrogens (tertiary/aromatic N) is 1. The van der Waals surface area contributed by atoms with Crippen LogP contribution in [0.3, 0.4) is 0 Å². The lowest BCUT2D eigenvalue weighted by Gasteiger charge is -2.12. The third-order valence-electron chi connectivity index (χ3n) is 3.69. The Kier molecular flexibility index (Phi) is 2.40. The summed E-state index contributed by atoms with van der Waals surface area (Å²) >= 11 is 0. The van der Waals surface area contributed by atoms with Crippen molar-refractivity contribution in [3.63, 3.8) is 0 Å². The summed E-state index contributed by atoms with van der Waals surface area (Å²) in [6.07, 6.45) is 5.84. The molecule has 0 aromatic carbocycles. The van der Waals surface area contributed by atoms with E-state index in [1.54, 1.807) is 0 Å². The quantitative estimate of drug-likeness (QED) is 0.581. The number of hydrogen-bond donors (Lipinski definition) is 0. The molecule has 1 nitrogen and oxygen atoms in total. The van der Waals surface area contributed by atoms with Gasteiger partial charge in [0.1, 0.15) is 0 Å². The minimum Gasteiger partial charge on any atom is -0.306 e. The van der Waals surface area contributed by atoms with Crippen LogP contribution in [0.5, 0.6) is 0 Å². The van der Waals surface area contributed by atoms with Crippen molar-refractivity contribution >= 4 is 0 Å². The number of rotatable bonds is 4. The number of hydrogen-bond acceptors (Lipinski definition) is 1. The van der Waals surface area contributed by atoms with Gasteiger partial charge in [0.05, 0.1) is 0 Å². The third-order valence-corrected chi connectivity index (χ3v) is 3.69. The Balaban J connectivity index is 1.62. The molecule has 2 aliphatic rings. The van der Waals surface area contributed by atoms with Gasteiger partial charge in [-0.05, 0) is 31.2 Å². The van der Waals surface area contributed by atoms with Gasteiger partial charge >= 0.3 is 0 Å². The first-order chi connectivity index (χ1) is 5.83. The fraction of sp³-hybridized carbons (Fsp3) is 1.00. The standard InChI is InChI=1S/C11H21N/c1-3-4-5-6-9-10-7-12(2)8-11(9)10/h9-11H,3-8H2,1-2H3/t9?,10-,11+. The molecule has 0 spiro atoms. The van der Waals surface area contributed by atoms with E-state index in [1.807, 2.05) is 0 Å². The maximum atomic E-state index is 2.49. The summed E-state index contributed by atoms with van der Waals surface area (Å²) in [5, 5.41) is 0. The number of unbranched alkanes of at least 4 members (excludes halogenated alkanes) is 2. The van der Waals surface area contributed by atoms with E-state index in [0.717, 1.165) is 17.8 Å². The molecular weight excluding hydrogens is 146 g/mol. The molecule has 0 aromatic rings. The normalized spacial score (nSPS) is 40.0. The molecule has 1 saturated carbocycles. The van der Waals surface area contributed by atoms with Crippen molar-refractivity contribution in [2.75, 3.05) is 20.1 Å². The van der Waals surface area contributed by atoms with E-state index in [1.165, 1.54) is 38.8 Å². The van der Waals surface area contributed by atoms with Gasteiger partial charge in [0.2, 0.25) is 0 Å². The van der Waals surface area contributed by atoms with Crippen molar-refractivity contribution in [2.24, 2.45) is 17.8 Å². The molecule has 1 unspecified atom stereocenters. The van der Waals surface area contributed by atoms with Crippen LogP contribution >= 0.6 is 0 Å². The zero-order chi connectivity index (χ0) is 8.55. The van der Waals surface area contributed by atoms with Crippen molar-refractivity contribution in [3.05, 3.63) is 0 Å². The minimum absolute atomic E-state index is 1.10. The predicted octanol–water partition coefficient (Wildman–Crippen LogP) is 2.37. The van der Waals surface area contributed by atoms with Crippen LogP contribution in [0.2, 0.25) is 0 Å². The number of likely N-dealkylation sites (tertiary alicyclic amines) is 1. The lowest BCUT2D eigenvalue weighted by molar-refractivity contribution is 0.336. The predicted molar refractivity (Wildman–Crippen MR) is 52.1 cm³/mol. The van der Waals surface area contributed by atoms with Gasteiger partial charge in [-0.15, -0.1) is 0 Å². The van der Waals surface area contributed by atoms with Crippen LogP contribution in [-0.2, 0) is 0 Å². The van der Waals surface area contributed by atoms with Crippen LogP contribution in [0.15, 0.2) is 0 Å². The van der Waals surface area contributed by atoms with Crippen molar-refractivity contribution in [2.45, 2.75) is 32.6 Å². The summed E-state index contributed by atoms with van der Waals surface area (Å²) < 4.78 is 0. The molecule has 12 heavy (non-hydrogen) atoms. The molecule has 1 heteroatoms. The van der Waals surface area contributed by atoms with Gasteiger partial charge < -0.3 is 4.90 Å². The van der Waals surface area contributed by atoms with Crippen LogP contribution in [0.1, 0.15) is 32.6 Å². The molecule has 0 N–H and O–H groups in total. The Morgan fingerprint density at radius 2 is 1.83 bits per heavy atom. The van der Waals surface area contributed by atoms with Gasteiger partial charge in [0.25, 0.3) is 0 Å². The molecule has 0 radical (unpaired) electrons. The Morgan fingerprint density at radius 1 is 1.17 bits per heavy atom. The summed E-state index contributed by atoms with van der Waals surface area (Å²) in [6.45, 7) is 5.07. The van der Waals surface area contributed by atoms with E-state index in [-0.39, 0.29) is 0 Å². The molecule has 70 valence electrons. The molecule has 1 aliphatic carbocycles. The summed E-state index contributed by atoms with van der Waals surface area (Å²) in [5.74, 6) is 3.34. The monoisotopic (exact) mass is 167 g/mol. The Hall–Kier alpha value is -0.0400. The fourth-order valence-corrected chi connectivity index (χ4v) is 2.92. The van der Waals surface area contributed by atoms with Crippen LogP contribution in [-0.4, -0.2) is 25.0 Å². The third kappa shape index (κ3) is 1.52. The lowest BCUT2D eigenvalue weighted by Crippen LogP contribution is -2.18. The van der Waals surface area contributed by atoms with Crippen LogP contribution in [0, 0.1) is 17.8 Å².